The maximum absolute atomic E-state index is 9.59. The molecule has 0 aliphatic rings. The predicted molar refractivity (Wildman–Crippen MR) is 70.9 cm³/mol. The van der Waals surface area contributed by atoms with E-state index in [9.17, 15) is 5.11 Å². The van der Waals surface area contributed by atoms with Gasteiger partial charge in [-0.15, -0.1) is 0 Å². The summed E-state index contributed by atoms with van der Waals surface area (Å²) in [5, 5.41) is 13.4. The molecule has 0 saturated heterocycles. The predicted octanol–water partition coefficient (Wildman–Crippen LogP) is 1.78. The summed E-state index contributed by atoms with van der Waals surface area (Å²) in [5.74, 6) is 0.667. The van der Waals surface area contributed by atoms with E-state index < -0.39 is 6.10 Å². The van der Waals surface area contributed by atoms with Crippen molar-refractivity contribution in [1.29, 1.82) is 0 Å². The number of ether oxygens (including phenoxy) is 1. The van der Waals surface area contributed by atoms with Crippen LogP contribution in [0.2, 0.25) is 5.02 Å². The molecule has 1 rings (SSSR count). The van der Waals surface area contributed by atoms with Gasteiger partial charge in [0, 0.05) is 17.6 Å². The number of hydrogen-bond donors (Lipinski definition) is 3. The summed E-state index contributed by atoms with van der Waals surface area (Å²) in [6.45, 7) is 2.83. The van der Waals surface area contributed by atoms with Crippen LogP contribution < -0.4 is 15.8 Å². The molecule has 0 radical (unpaired) electrons. The minimum atomic E-state index is -0.458. The Kier molecular flexibility index (Phi) is 5.55. The molecule has 5 heteroatoms. The molecule has 0 fully saturated rings. The number of benzene rings is 1. The van der Waals surface area contributed by atoms with E-state index in [4.69, 9.17) is 22.1 Å². The summed E-state index contributed by atoms with van der Waals surface area (Å²) in [6.07, 6.45) is 0.114. The Balaban J connectivity index is 2.72. The molecule has 0 aliphatic heterocycles. The van der Waals surface area contributed by atoms with Gasteiger partial charge in [0.05, 0.1) is 18.9 Å². The van der Waals surface area contributed by atoms with E-state index in [1.165, 1.54) is 0 Å². The molecule has 4 nitrogen and oxygen atoms in total. The molecule has 1 aromatic carbocycles. The van der Waals surface area contributed by atoms with E-state index in [1.807, 2.05) is 13.0 Å². The molecule has 0 amide bonds. The van der Waals surface area contributed by atoms with E-state index in [0.29, 0.717) is 30.3 Å². The van der Waals surface area contributed by atoms with Gasteiger partial charge < -0.3 is 20.9 Å². The van der Waals surface area contributed by atoms with Gasteiger partial charge in [-0.1, -0.05) is 11.6 Å². The second-order valence-corrected chi connectivity index (χ2v) is 4.32. The highest BCUT2D eigenvalue weighted by molar-refractivity contribution is 6.31. The van der Waals surface area contributed by atoms with Crippen LogP contribution in [-0.4, -0.2) is 31.4 Å². The average molecular weight is 259 g/mol. The van der Waals surface area contributed by atoms with Crippen molar-refractivity contribution in [3.8, 4) is 5.75 Å². The molecule has 0 saturated carbocycles. The molecule has 0 spiro atoms. The highest BCUT2D eigenvalue weighted by Crippen LogP contribution is 2.30. The van der Waals surface area contributed by atoms with Crippen molar-refractivity contribution in [2.24, 2.45) is 5.73 Å². The Hall–Kier alpha value is -0.970. The van der Waals surface area contributed by atoms with Crippen molar-refractivity contribution in [3.63, 3.8) is 0 Å². The fourth-order valence-corrected chi connectivity index (χ4v) is 1.65. The van der Waals surface area contributed by atoms with Crippen LogP contribution in [-0.2, 0) is 0 Å². The number of aliphatic hydroxyl groups excluding tert-OH is 1. The normalized spacial score (nSPS) is 12.3. The molecule has 1 aromatic rings. The van der Waals surface area contributed by atoms with Crippen LogP contribution in [0.3, 0.4) is 0 Å². The van der Waals surface area contributed by atoms with Crippen LogP contribution >= 0.6 is 11.6 Å². The maximum atomic E-state index is 9.59. The first kappa shape index (κ1) is 14.1. The first-order valence-electron chi connectivity index (χ1n) is 5.54. The Morgan fingerprint density at radius 1 is 1.53 bits per heavy atom. The fraction of sp³-hybridized carbons (Fsp3) is 0.500. The zero-order chi connectivity index (χ0) is 12.8. The molecular weight excluding hydrogens is 240 g/mol. The van der Waals surface area contributed by atoms with E-state index in [1.54, 1.807) is 13.2 Å². The molecule has 0 aromatic heterocycles. The van der Waals surface area contributed by atoms with Gasteiger partial charge in [0.1, 0.15) is 5.75 Å². The Bertz CT molecular complexity index is 372. The van der Waals surface area contributed by atoms with Gasteiger partial charge in [0.2, 0.25) is 0 Å². The second-order valence-electron chi connectivity index (χ2n) is 3.91. The lowest BCUT2D eigenvalue weighted by Crippen LogP contribution is -2.22. The molecule has 0 heterocycles. The van der Waals surface area contributed by atoms with Crippen molar-refractivity contribution < 1.29 is 9.84 Å². The van der Waals surface area contributed by atoms with E-state index in [0.717, 1.165) is 11.3 Å². The lowest BCUT2D eigenvalue weighted by Gasteiger charge is -2.15. The summed E-state index contributed by atoms with van der Waals surface area (Å²) >= 11 is 6.00. The lowest BCUT2D eigenvalue weighted by molar-refractivity contribution is 0.180. The largest absolute Gasteiger partial charge is 0.495 e. The highest BCUT2D eigenvalue weighted by atomic mass is 35.5. The SMILES string of the molecule is COc1cc(Cl)c(C)cc1NCC(O)CCN. The third-order valence-electron chi connectivity index (χ3n) is 2.51. The monoisotopic (exact) mass is 258 g/mol. The smallest absolute Gasteiger partial charge is 0.143 e. The second kappa shape index (κ2) is 6.69. The van der Waals surface area contributed by atoms with E-state index in [2.05, 4.69) is 5.32 Å². The zero-order valence-electron chi connectivity index (χ0n) is 10.2. The first-order valence-corrected chi connectivity index (χ1v) is 5.92. The van der Waals surface area contributed by atoms with Crippen molar-refractivity contribution in [2.75, 3.05) is 25.5 Å². The summed E-state index contributed by atoms with van der Waals surface area (Å²) in [6, 6.07) is 3.66. The number of hydrogen-bond acceptors (Lipinski definition) is 4. The average Bonchev–Trinajstić information content (AvgIpc) is 2.30. The third kappa shape index (κ3) is 4.07. The van der Waals surface area contributed by atoms with E-state index >= 15 is 0 Å². The van der Waals surface area contributed by atoms with Gasteiger partial charge in [0.15, 0.2) is 0 Å². The number of aliphatic hydroxyl groups is 1. The van der Waals surface area contributed by atoms with Gasteiger partial charge in [-0.3, -0.25) is 0 Å². The van der Waals surface area contributed by atoms with Gasteiger partial charge in [-0.05, 0) is 31.5 Å². The van der Waals surface area contributed by atoms with Crippen LogP contribution in [0.4, 0.5) is 5.69 Å². The number of methoxy groups -OCH3 is 1. The van der Waals surface area contributed by atoms with Crippen molar-refractivity contribution >= 4 is 17.3 Å². The number of anilines is 1. The number of halogens is 1. The summed E-state index contributed by atoms with van der Waals surface area (Å²) in [5.41, 5.74) is 7.15. The topological polar surface area (TPSA) is 67.5 Å². The van der Waals surface area contributed by atoms with Crippen LogP contribution in [0.5, 0.6) is 5.75 Å². The molecule has 17 heavy (non-hydrogen) atoms. The molecule has 0 bridgehead atoms. The number of rotatable bonds is 6. The molecule has 96 valence electrons. The standard InChI is InChI=1S/C12H19ClN2O2/c1-8-5-11(12(17-2)6-10(8)13)15-7-9(16)3-4-14/h5-6,9,15-16H,3-4,7,14H2,1-2H3. The van der Waals surface area contributed by atoms with Crippen molar-refractivity contribution in [1.82, 2.24) is 0 Å². The van der Waals surface area contributed by atoms with Gasteiger partial charge in [-0.2, -0.15) is 0 Å². The molecular formula is C12H19ClN2O2. The lowest BCUT2D eigenvalue weighted by atomic mass is 10.2. The van der Waals surface area contributed by atoms with Crippen molar-refractivity contribution in [3.05, 3.63) is 22.7 Å². The Morgan fingerprint density at radius 2 is 2.24 bits per heavy atom. The number of aryl methyl sites for hydroxylation is 1. The zero-order valence-corrected chi connectivity index (χ0v) is 10.9. The van der Waals surface area contributed by atoms with Gasteiger partial charge >= 0.3 is 0 Å². The van der Waals surface area contributed by atoms with Gasteiger partial charge in [-0.25, -0.2) is 0 Å². The van der Waals surface area contributed by atoms with Crippen LogP contribution in [0.15, 0.2) is 12.1 Å². The summed E-state index contributed by atoms with van der Waals surface area (Å²) in [4.78, 5) is 0. The molecule has 1 atom stereocenters. The minimum Gasteiger partial charge on any atom is -0.495 e. The summed E-state index contributed by atoms with van der Waals surface area (Å²) in [7, 11) is 1.59. The maximum Gasteiger partial charge on any atom is 0.143 e. The number of nitrogens with two attached hydrogens (primary N) is 1. The quantitative estimate of drug-likeness (QED) is 0.728. The third-order valence-corrected chi connectivity index (χ3v) is 2.92. The van der Waals surface area contributed by atoms with Crippen molar-refractivity contribution in [2.45, 2.75) is 19.4 Å². The van der Waals surface area contributed by atoms with E-state index in [-0.39, 0.29) is 0 Å². The highest BCUT2D eigenvalue weighted by Gasteiger charge is 2.08. The molecule has 4 N–H and O–H groups in total. The fourth-order valence-electron chi connectivity index (χ4n) is 1.49. The Labute approximate surface area is 107 Å². The first-order chi connectivity index (χ1) is 8.08. The molecule has 0 aliphatic carbocycles. The summed E-state index contributed by atoms with van der Waals surface area (Å²) < 4.78 is 5.22. The number of nitrogens with one attached hydrogen (secondary N) is 1. The van der Waals surface area contributed by atoms with Crippen LogP contribution in [0.25, 0.3) is 0 Å². The van der Waals surface area contributed by atoms with Crippen LogP contribution in [0.1, 0.15) is 12.0 Å². The Morgan fingerprint density at radius 3 is 2.82 bits per heavy atom. The van der Waals surface area contributed by atoms with Crippen LogP contribution in [0, 0.1) is 6.92 Å². The molecule has 1 unspecified atom stereocenters. The van der Waals surface area contributed by atoms with Gasteiger partial charge in [0.25, 0.3) is 0 Å². The minimum absolute atomic E-state index is 0.439.